The van der Waals surface area contributed by atoms with E-state index >= 15 is 0 Å². The van der Waals surface area contributed by atoms with Gasteiger partial charge in [0, 0.05) is 31.0 Å². The van der Waals surface area contributed by atoms with Gasteiger partial charge in [0.15, 0.2) is 0 Å². The molecule has 8 nitrogen and oxygen atoms in total. The number of hydrogen-bond donors (Lipinski definition) is 0. The molecule has 0 saturated carbocycles. The molecule has 0 spiro atoms. The van der Waals surface area contributed by atoms with Gasteiger partial charge in [-0.25, -0.2) is 14.7 Å². The monoisotopic (exact) mass is 423 g/mol. The molecule has 1 aromatic carbocycles. The molecule has 0 bridgehead atoms. The molecule has 0 atom stereocenters. The molecule has 4 rings (SSSR count). The van der Waals surface area contributed by atoms with Crippen molar-refractivity contribution in [2.75, 3.05) is 18.6 Å². The number of ether oxygens (including phenoxy) is 2. The smallest absolute Gasteiger partial charge is 0.416 e. The second kappa shape index (κ2) is 8.02. The van der Waals surface area contributed by atoms with Crippen LogP contribution < -0.4 is 14.4 Å². The number of pyridine rings is 1. The van der Waals surface area contributed by atoms with Gasteiger partial charge in [-0.1, -0.05) is 19.9 Å². The summed E-state index contributed by atoms with van der Waals surface area (Å²) >= 11 is 0. The Balaban J connectivity index is 1.44. The number of piperidine rings is 1. The van der Waals surface area contributed by atoms with Gasteiger partial charge < -0.3 is 14.4 Å². The van der Waals surface area contributed by atoms with E-state index in [2.05, 4.69) is 4.98 Å². The van der Waals surface area contributed by atoms with Crippen molar-refractivity contribution < 1.29 is 23.9 Å². The summed E-state index contributed by atoms with van der Waals surface area (Å²) in [5, 5.41) is 0. The van der Waals surface area contributed by atoms with Crippen LogP contribution in [0.25, 0.3) is 0 Å². The highest BCUT2D eigenvalue weighted by Gasteiger charge is 2.41. The van der Waals surface area contributed by atoms with Gasteiger partial charge in [0.25, 0.3) is 0 Å². The number of anilines is 1. The van der Waals surface area contributed by atoms with E-state index in [0.29, 0.717) is 31.6 Å². The number of aromatic nitrogens is 1. The molecule has 1 fully saturated rings. The lowest BCUT2D eigenvalue weighted by Crippen LogP contribution is -2.49. The summed E-state index contributed by atoms with van der Waals surface area (Å²) in [5.74, 6) is 0.355. The standard InChI is InChI=1S/C23H25N3O5/c1-23(2)10-8-20(27)26(21(23)28)17-5-7-19(24-13-17)31-22(29)25-11-9-15-4-6-18(30-3)12-16(15)14-25/h4-7,12-13H,8-11,14H2,1-3H3. The van der Waals surface area contributed by atoms with Crippen LogP contribution in [0.4, 0.5) is 10.5 Å². The zero-order valence-electron chi connectivity index (χ0n) is 17.9. The minimum absolute atomic E-state index is 0.112. The van der Waals surface area contributed by atoms with Crippen LogP contribution in [0.5, 0.6) is 11.6 Å². The zero-order chi connectivity index (χ0) is 22.2. The van der Waals surface area contributed by atoms with Crippen molar-refractivity contribution in [3.05, 3.63) is 47.7 Å². The highest BCUT2D eigenvalue weighted by atomic mass is 16.6. The molecule has 162 valence electrons. The summed E-state index contributed by atoms with van der Waals surface area (Å²) in [7, 11) is 1.61. The fourth-order valence-electron chi connectivity index (χ4n) is 3.85. The maximum Gasteiger partial charge on any atom is 0.416 e. The SMILES string of the molecule is COc1ccc2c(c1)CN(C(=O)Oc1ccc(N3C(=O)CCC(C)(C)C3=O)cn1)CC2. The summed E-state index contributed by atoms with van der Waals surface area (Å²) in [6, 6.07) is 8.92. The van der Waals surface area contributed by atoms with E-state index < -0.39 is 11.5 Å². The van der Waals surface area contributed by atoms with E-state index in [9.17, 15) is 14.4 Å². The van der Waals surface area contributed by atoms with Crippen LogP contribution in [0.3, 0.4) is 0 Å². The summed E-state index contributed by atoms with van der Waals surface area (Å²) < 4.78 is 10.7. The lowest BCUT2D eigenvalue weighted by molar-refractivity contribution is -0.136. The third kappa shape index (κ3) is 4.10. The Morgan fingerprint density at radius 3 is 2.61 bits per heavy atom. The quantitative estimate of drug-likeness (QED) is 0.704. The average molecular weight is 423 g/mol. The molecular weight excluding hydrogens is 398 g/mol. The van der Waals surface area contributed by atoms with Crippen LogP contribution >= 0.6 is 0 Å². The molecule has 3 heterocycles. The van der Waals surface area contributed by atoms with E-state index in [1.807, 2.05) is 32.0 Å². The van der Waals surface area contributed by atoms with Gasteiger partial charge in [0.2, 0.25) is 17.7 Å². The van der Waals surface area contributed by atoms with Crippen molar-refractivity contribution >= 4 is 23.6 Å². The molecule has 2 aromatic rings. The molecule has 1 aromatic heterocycles. The third-order valence-electron chi connectivity index (χ3n) is 5.85. The zero-order valence-corrected chi connectivity index (χ0v) is 17.9. The first-order chi connectivity index (χ1) is 14.8. The van der Waals surface area contributed by atoms with Gasteiger partial charge in [-0.15, -0.1) is 0 Å². The predicted molar refractivity (Wildman–Crippen MR) is 113 cm³/mol. The maximum atomic E-state index is 12.6. The number of rotatable bonds is 3. The molecule has 2 aliphatic rings. The van der Waals surface area contributed by atoms with Crippen molar-refractivity contribution in [2.45, 2.75) is 39.7 Å². The molecule has 8 heteroatoms. The molecular formula is C23H25N3O5. The van der Waals surface area contributed by atoms with Crippen molar-refractivity contribution in [3.63, 3.8) is 0 Å². The third-order valence-corrected chi connectivity index (χ3v) is 5.85. The van der Waals surface area contributed by atoms with Crippen LogP contribution in [0, 0.1) is 5.41 Å². The van der Waals surface area contributed by atoms with Gasteiger partial charge in [-0.3, -0.25) is 9.59 Å². The van der Waals surface area contributed by atoms with Crippen molar-refractivity contribution in [1.82, 2.24) is 9.88 Å². The first kappa shape index (κ1) is 20.8. The fourth-order valence-corrected chi connectivity index (χ4v) is 3.85. The van der Waals surface area contributed by atoms with Crippen LogP contribution in [-0.2, 0) is 22.6 Å². The minimum atomic E-state index is -0.605. The first-order valence-corrected chi connectivity index (χ1v) is 10.2. The number of methoxy groups -OCH3 is 1. The van der Waals surface area contributed by atoms with E-state index in [0.717, 1.165) is 22.6 Å². The van der Waals surface area contributed by atoms with Gasteiger partial charge in [-0.05, 0) is 42.2 Å². The van der Waals surface area contributed by atoms with Gasteiger partial charge in [0.1, 0.15) is 5.75 Å². The largest absolute Gasteiger partial charge is 0.497 e. The molecule has 2 aliphatic heterocycles. The average Bonchev–Trinajstić information content (AvgIpc) is 2.77. The van der Waals surface area contributed by atoms with Crippen LogP contribution in [0.15, 0.2) is 36.5 Å². The molecule has 0 aliphatic carbocycles. The van der Waals surface area contributed by atoms with Crippen LogP contribution in [-0.4, -0.2) is 41.4 Å². The number of imide groups is 1. The summed E-state index contributed by atoms with van der Waals surface area (Å²) in [6.45, 7) is 4.62. The number of carbonyl (C=O) groups is 3. The van der Waals surface area contributed by atoms with Gasteiger partial charge in [0.05, 0.1) is 19.0 Å². The second-order valence-corrected chi connectivity index (χ2v) is 8.45. The number of carbonyl (C=O) groups excluding carboxylic acids is 3. The molecule has 31 heavy (non-hydrogen) atoms. The Bertz CT molecular complexity index is 1030. The second-order valence-electron chi connectivity index (χ2n) is 8.45. The molecule has 0 unspecified atom stereocenters. The van der Waals surface area contributed by atoms with Crippen molar-refractivity contribution in [2.24, 2.45) is 5.41 Å². The minimum Gasteiger partial charge on any atom is -0.497 e. The summed E-state index contributed by atoms with van der Waals surface area (Å²) in [4.78, 5) is 44.5. The highest BCUT2D eigenvalue weighted by molar-refractivity contribution is 6.18. The molecule has 3 amide bonds. The molecule has 1 saturated heterocycles. The van der Waals surface area contributed by atoms with E-state index in [1.165, 1.54) is 17.8 Å². The Morgan fingerprint density at radius 2 is 1.90 bits per heavy atom. The Morgan fingerprint density at radius 1 is 1.10 bits per heavy atom. The van der Waals surface area contributed by atoms with Crippen LogP contribution in [0.2, 0.25) is 0 Å². The Kier molecular flexibility index (Phi) is 5.39. The van der Waals surface area contributed by atoms with E-state index in [-0.39, 0.29) is 17.7 Å². The van der Waals surface area contributed by atoms with E-state index in [4.69, 9.17) is 9.47 Å². The Labute approximate surface area is 180 Å². The van der Waals surface area contributed by atoms with E-state index in [1.54, 1.807) is 18.1 Å². The number of fused-ring (bicyclic) bond motifs is 1. The number of hydrogen-bond acceptors (Lipinski definition) is 6. The normalized spacial score (nSPS) is 17.9. The molecule has 0 N–H and O–H groups in total. The maximum absolute atomic E-state index is 12.6. The number of amides is 3. The topological polar surface area (TPSA) is 89.0 Å². The first-order valence-electron chi connectivity index (χ1n) is 10.2. The van der Waals surface area contributed by atoms with Crippen molar-refractivity contribution in [1.29, 1.82) is 0 Å². The number of benzene rings is 1. The lowest BCUT2D eigenvalue weighted by atomic mass is 9.82. The van der Waals surface area contributed by atoms with Gasteiger partial charge >= 0.3 is 6.09 Å². The Hall–Kier alpha value is -3.42. The number of nitrogens with zero attached hydrogens (tertiary/aromatic N) is 3. The summed E-state index contributed by atoms with van der Waals surface area (Å²) in [6.07, 6.45) is 2.44. The highest BCUT2D eigenvalue weighted by Crippen LogP contribution is 2.34. The molecule has 0 radical (unpaired) electrons. The van der Waals surface area contributed by atoms with Crippen LogP contribution in [0.1, 0.15) is 37.8 Å². The lowest BCUT2D eigenvalue weighted by Gasteiger charge is -2.35. The summed E-state index contributed by atoms with van der Waals surface area (Å²) in [5.41, 5.74) is 1.98. The van der Waals surface area contributed by atoms with Gasteiger partial charge in [-0.2, -0.15) is 0 Å². The fraction of sp³-hybridized carbons (Fsp3) is 0.391. The predicted octanol–water partition coefficient (Wildman–Crippen LogP) is 3.33. The van der Waals surface area contributed by atoms with Crippen molar-refractivity contribution in [3.8, 4) is 11.6 Å².